The Bertz CT molecular complexity index is 589. The standard InChI is InChI=1S/C14H18N4OS/c1-9-5-4-6-15-12(9)7-16-14(19)17-8-13-18-10(2)11(3)20-13/h4-6H,7-8H2,1-3H3,(H2,16,17,19). The molecule has 0 aliphatic rings. The highest BCUT2D eigenvalue weighted by Gasteiger charge is 2.06. The van der Waals surface area contributed by atoms with E-state index in [4.69, 9.17) is 0 Å². The van der Waals surface area contributed by atoms with Crippen LogP contribution in [0.25, 0.3) is 0 Å². The summed E-state index contributed by atoms with van der Waals surface area (Å²) in [5, 5.41) is 6.52. The normalized spacial score (nSPS) is 10.3. The number of aryl methyl sites for hydroxylation is 3. The van der Waals surface area contributed by atoms with Gasteiger partial charge in [0.25, 0.3) is 0 Å². The number of nitrogens with zero attached hydrogens (tertiary/aromatic N) is 2. The monoisotopic (exact) mass is 290 g/mol. The second-order valence-electron chi connectivity index (χ2n) is 4.55. The summed E-state index contributed by atoms with van der Waals surface area (Å²) in [5.74, 6) is 0. The Morgan fingerprint density at radius 3 is 2.65 bits per heavy atom. The number of hydrogen-bond acceptors (Lipinski definition) is 4. The van der Waals surface area contributed by atoms with Crippen molar-refractivity contribution in [3.8, 4) is 0 Å². The van der Waals surface area contributed by atoms with Crippen molar-refractivity contribution in [1.29, 1.82) is 0 Å². The number of thiazole rings is 1. The first-order chi connectivity index (χ1) is 9.56. The molecule has 106 valence electrons. The Balaban J connectivity index is 1.80. The summed E-state index contributed by atoms with van der Waals surface area (Å²) < 4.78 is 0. The molecule has 2 rings (SSSR count). The molecule has 0 aromatic carbocycles. The molecule has 6 heteroatoms. The van der Waals surface area contributed by atoms with E-state index in [0.717, 1.165) is 22.0 Å². The maximum Gasteiger partial charge on any atom is 0.315 e. The van der Waals surface area contributed by atoms with Crippen molar-refractivity contribution in [3.63, 3.8) is 0 Å². The smallest absolute Gasteiger partial charge is 0.315 e. The molecule has 2 aromatic rings. The topological polar surface area (TPSA) is 66.9 Å². The maximum atomic E-state index is 11.7. The van der Waals surface area contributed by atoms with E-state index < -0.39 is 0 Å². The van der Waals surface area contributed by atoms with E-state index in [-0.39, 0.29) is 6.03 Å². The zero-order valence-electron chi connectivity index (χ0n) is 11.9. The number of nitrogens with one attached hydrogen (secondary N) is 2. The number of amides is 2. The van der Waals surface area contributed by atoms with Gasteiger partial charge in [0.15, 0.2) is 0 Å². The Labute approximate surface area is 122 Å². The van der Waals surface area contributed by atoms with E-state index in [0.29, 0.717) is 13.1 Å². The first-order valence-corrected chi connectivity index (χ1v) is 7.23. The maximum absolute atomic E-state index is 11.7. The number of pyridine rings is 1. The first kappa shape index (κ1) is 14.5. The summed E-state index contributed by atoms with van der Waals surface area (Å²) in [5.41, 5.74) is 2.97. The number of rotatable bonds is 4. The van der Waals surface area contributed by atoms with Crippen LogP contribution in [-0.2, 0) is 13.1 Å². The van der Waals surface area contributed by atoms with Gasteiger partial charge in [-0.3, -0.25) is 4.98 Å². The summed E-state index contributed by atoms with van der Waals surface area (Å²) in [6, 6.07) is 3.65. The minimum Gasteiger partial charge on any atom is -0.332 e. The van der Waals surface area contributed by atoms with Gasteiger partial charge in [-0.05, 0) is 32.4 Å². The Kier molecular flexibility index (Phi) is 4.68. The minimum absolute atomic E-state index is 0.208. The van der Waals surface area contributed by atoms with Crippen molar-refractivity contribution in [2.24, 2.45) is 0 Å². The van der Waals surface area contributed by atoms with Crippen LogP contribution in [0, 0.1) is 20.8 Å². The molecular weight excluding hydrogens is 272 g/mol. The van der Waals surface area contributed by atoms with Crippen molar-refractivity contribution in [2.45, 2.75) is 33.9 Å². The molecule has 0 aliphatic carbocycles. The summed E-state index contributed by atoms with van der Waals surface area (Å²) in [4.78, 5) is 21.5. The van der Waals surface area contributed by atoms with Gasteiger partial charge in [0, 0.05) is 11.1 Å². The van der Waals surface area contributed by atoms with Gasteiger partial charge >= 0.3 is 6.03 Å². The van der Waals surface area contributed by atoms with Gasteiger partial charge in [-0.2, -0.15) is 0 Å². The molecule has 2 amide bonds. The molecule has 2 aromatic heterocycles. The quantitative estimate of drug-likeness (QED) is 0.909. The molecule has 0 atom stereocenters. The molecule has 0 bridgehead atoms. The van der Waals surface area contributed by atoms with E-state index >= 15 is 0 Å². The first-order valence-electron chi connectivity index (χ1n) is 6.41. The van der Waals surface area contributed by atoms with Crippen LogP contribution < -0.4 is 10.6 Å². The molecule has 0 saturated heterocycles. The molecule has 0 aliphatic heterocycles. The third kappa shape index (κ3) is 3.77. The largest absolute Gasteiger partial charge is 0.332 e. The summed E-state index contributed by atoms with van der Waals surface area (Å²) in [6.45, 7) is 6.85. The predicted octanol–water partition coefficient (Wildman–Crippen LogP) is 2.46. The third-order valence-corrected chi connectivity index (χ3v) is 4.08. The average Bonchev–Trinajstić information content (AvgIpc) is 2.75. The Hall–Kier alpha value is -1.95. The van der Waals surface area contributed by atoms with Crippen LogP contribution in [0.4, 0.5) is 4.79 Å². The van der Waals surface area contributed by atoms with Crippen LogP contribution in [0.3, 0.4) is 0 Å². The minimum atomic E-state index is -0.208. The van der Waals surface area contributed by atoms with Crippen molar-refractivity contribution < 1.29 is 4.79 Å². The van der Waals surface area contributed by atoms with Gasteiger partial charge in [0.2, 0.25) is 0 Å². The molecule has 0 unspecified atom stereocenters. The van der Waals surface area contributed by atoms with Crippen LogP contribution in [-0.4, -0.2) is 16.0 Å². The molecule has 0 radical (unpaired) electrons. The molecular formula is C14H18N4OS. The zero-order valence-corrected chi connectivity index (χ0v) is 12.7. The molecule has 0 saturated carbocycles. The number of aromatic nitrogens is 2. The number of hydrogen-bond donors (Lipinski definition) is 2. The molecule has 2 N–H and O–H groups in total. The average molecular weight is 290 g/mol. The molecule has 0 spiro atoms. The lowest BCUT2D eigenvalue weighted by atomic mass is 10.2. The summed E-state index contributed by atoms with van der Waals surface area (Å²) in [7, 11) is 0. The fraction of sp³-hybridized carbons (Fsp3) is 0.357. The lowest BCUT2D eigenvalue weighted by molar-refractivity contribution is 0.240. The van der Waals surface area contributed by atoms with E-state index in [1.54, 1.807) is 17.5 Å². The van der Waals surface area contributed by atoms with Gasteiger partial charge in [0.05, 0.1) is 24.5 Å². The summed E-state index contributed by atoms with van der Waals surface area (Å²) in [6.07, 6.45) is 1.73. The van der Waals surface area contributed by atoms with E-state index in [1.165, 1.54) is 4.88 Å². The van der Waals surface area contributed by atoms with Crippen LogP contribution in [0.1, 0.15) is 26.8 Å². The molecule has 0 fully saturated rings. The van der Waals surface area contributed by atoms with Gasteiger partial charge < -0.3 is 10.6 Å². The lowest BCUT2D eigenvalue weighted by Crippen LogP contribution is -2.34. The van der Waals surface area contributed by atoms with Gasteiger partial charge in [-0.25, -0.2) is 9.78 Å². The van der Waals surface area contributed by atoms with Crippen LogP contribution >= 0.6 is 11.3 Å². The van der Waals surface area contributed by atoms with Gasteiger partial charge in [-0.15, -0.1) is 11.3 Å². The van der Waals surface area contributed by atoms with Gasteiger partial charge in [-0.1, -0.05) is 6.07 Å². The Morgan fingerprint density at radius 1 is 1.25 bits per heavy atom. The zero-order chi connectivity index (χ0) is 14.5. The van der Waals surface area contributed by atoms with Gasteiger partial charge in [0.1, 0.15) is 5.01 Å². The Morgan fingerprint density at radius 2 is 2.00 bits per heavy atom. The van der Waals surface area contributed by atoms with Crippen LogP contribution in [0.5, 0.6) is 0 Å². The van der Waals surface area contributed by atoms with Crippen molar-refractivity contribution in [2.75, 3.05) is 0 Å². The van der Waals surface area contributed by atoms with Crippen LogP contribution in [0.15, 0.2) is 18.3 Å². The number of carbonyl (C=O) groups is 1. The highest BCUT2D eigenvalue weighted by molar-refractivity contribution is 7.11. The fourth-order valence-corrected chi connectivity index (χ4v) is 2.57. The SMILES string of the molecule is Cc1cccnc1CNC(=O)NCc1nc(C)c(C)s1. The van der Waals surface area contributed by atoms with Crippen molar-refractivity contribution in [1.82, 2.24) is 20.6 Å². The second-order valence-corrected chi connectivity index (χ2v) is 5.84. The highest BCUT2D eigenvalue weighted by Crippen LogP contribution is 2.15. The van der Waals surface area contributed by atoms with E-state index in [9.17, 15) is 4.79 Å². The summed E-state index contributed by atoms with van der Waals surface area (Å²) >= 11 is 1.61. The van der Waals surface area contributed by atoms with Crippen molar-refractivity contribution in [3.05, 3.63) is 45.2 Å². The number of urea groups is 1. The van der Waals surface area contributed by atoms with Crippen molar-refractivity contribution >= 4 is 17.4 Å². The lowest BCUT2D eigenvalue weighted by Gasteiger charge is -2.07. The van der Waals surface area contributed by atoms with E-state index in [1.807, 2.05) is 32.9 Å². The molecule has 20 heavy (non-hydrogen) atoms. The van der Waals surface area contributed by atoms with E-state index in [2.05, 4.69) is 20.6 Å². The van der Waals surface area contributed by atoms with Crippen LogP contribution in [0.2, 0.25) is 0 Å². The predicted molar refractivity (Wildman–Crippen MR) is 79.6 cm³/mol. The second kappa shape index (κ2) is 6.47. The molecule has 2 heterocycles. The number of carbonyl (C=O) groups excluding carboxylic acids is 1. The molecule has 5 nitrogen and oxygen atoms in total. The fourth-order valence-electron chi connectivity index (χ4n) is 1.70. The highest BCUT2D eigenvalue weighted by atomic mass is 32.1. The third-order valence-electron chi connectivity index (χ3n) is 3.01.